The van der Waals surface area contributed by atoms with E-state index in [2.05, 4.69) is 80.1 Å². The van der Waals surface area contributed by atoms with Crippen LogP contribution >= 0.6 is 0 Å². The average molecular weight is 553 g/mol. The van der Waals surface area contributed by atoms with Crippen LogP contribution in [0.2, 0.25) is 0 Å². The van der Waals surface area contributed by atoms with E-state index in [1.165, 1.54) is 15.4 Å². The number of carbonyl (C=O) groups excluding carboxylic acids is 1. The molecule has 1 saturated heterocycles. The van der Waals surface area contributed by atoms with E-state index < -0.39 is 17.3 Å². The third kappa shape index (κ3) is 7.98. The summed E-state index contributed by atoms with van der Waals surface area (Å²) >= 11 is -2.20. The number of benzene rings is 2. The predicted molar refractivity (Wildman–Crippen MR) is 156 cm³/mol. The number of amides is 1. The van der Waals surface area contributed by atoms with Gasteiger partial charge in [0, 0.05) is 70.8 Å². The third-order valence-corrected chi connectivity index (χ3v) is 8.29. The largest absolute Gasteiger partial charge is 0.378 e. The fourth-order valence-corrected chi connectivity index (χ4v) is 5.60. The van der Waals surface area contributed by atoms with Crippen LogP contribution in [0.4, 0.5) is 5.69 Å². The SMILES string of the molecule is CC(CCN1CCN(S(=O)O)C(C(=O)NCCc2cncn2Cc2ccc(N(C)C)cc2)C1)c1ccccc1. The summed E-state index contributed by atoms with van der Waals surface area (Å²) in [6.07, 6.45) is 5.21. The molecule has 2 heterocycles. The quantitative estimate of drug-likeness (QED) is 0.336. The maximum Gasteiger partial charge on any atom is 0.239 e. The topological polar surface area (TPSA) is 93.9 Å². The minimum Gasteiger partial charge on any atom is -0.378 e. The summed E-state index contributed by atoms with van der Waals surface area (Å²) in [6, 6.07) is 18.1. The zero-order valence-corrected chi connectivity index (χ0v) is 23.9. The number of anilines is 1. The van der Waals surface area contributed by atoms with Gasteiger partial charge in [-0.15, -0.1) is 0 Å². The van der Waals surface area contributed by atoms with E-state index in [1.54, 1.807) is 0 Å². The van der Waals surface area contributed by atoms with Crippen molar-refractivity contribution in [3.63, 3.8) is 0 Å². The minimum absolute atomic E-state index is 0.219. The zero-order valence-electron chi connectivity index (χ0n) is 23.1. The van der Waals surface area contributed by atoms with Crippen LogP contribution in [0.5, 0.6) is 0 Å². The van der Waals surface area contributed by atoms with Crippen LogP contribution in [0.1, 0.15) is 36.1 Å². The molecule has 0 saturated carbocycles. The highest BCUT2D eigenvalue weighted by atomic mass is 32.2. The fourth-order valence-electron chi connectivity index (χ4n) is 4.98. The number of aromatic nitrogens is 2. The summed E-state index contributed by atoms with van der Waals surface area (Å²) in [5.74, 6) is 0.183. The molecule has 2 N–H and O–H groups in total. The Kier molecular flexibility index (Phi) is 10.3. The van der Waals surface area contributed by atoms with Gasteiger partial charge in [0.15, 0.2) is 0 Å². The van der Waals surface area contributed by atoms with E-state index in [0.717, 1.165) is 24.3 Å². The van der Waals surface area contributed by atoms with Gasteiger partial charge in [0.2, 0.25) is 17.2 Å². The van der Waals surface area contributed by atoms with Gasteiger partial charge >= 0.3 is 0 Å². The van der Waals surface area contributed by atoms with E-state index in [-0.39, 0.29) is 5.91 Å². The molecular formula is C29H40N6O3S. The maximum atomic E-state index is 13.2. The molecule has 3 aromatic rings. The van der Waals surface area contributed by atoms with Gasteiger partial charge in [-0.3, -0.25) is 14.2 Å². The molecule has 39 heavy (non-hydrogen) atoms. The molecule has 10 heteroatoms. The first kappa shape index (κ1) is 28.9. The molecule has 1 amide bonds. The van der Waals surface area contributed by atoms with Gasteiger partial charge in [-0.2, -0.15) is 4.31 Å². The number of hydrogen-bond donors (Lipinski definition) is 2. The second kappa shape index (κ2) is 13.8. The standard InChI is InChI=1S/C29H40N6O3S/c1-23(25-7-5-4-6-8-25)14-16-33-17-18-35(39(37)38)28(21-33)29(36)31-15-13-27-19-30-22-34(27)20-24-9-11-26(12-10-24)32(2)3/h4-12,19,22-23,28H,13-18,20-21H2,1-3H3,(H,31,36)(H,37,38). The molecule has 0 radical (unpaired) electrons. The summed E-state index contributed by atoms with van der Waals surface area (Å²) in [7, 11) is 4.04. The molecule has 4 rings (SSSR count). The Morgan fingerprint density at radius 2 is 1.90 bits per heavy atom. The van der Waals surface area contributed by atoms with Crippen molar-refractivity contribution in [2.24, 2.45) is 0 Å². The second-order valence-electron chi connectivity index (χ2n) is 10.4. The molecule has 9 nitrogen and oxygen atoms in total. The van der Waals surface area contributed by atoms with Gasteiger partial charge in [0.1, 0.15) is 6.04 Å². The number of imidazole rings is 1. The lowest BCUT2D eigenvalue weighted by atomic mass is 9.97. The van der Waals surface area contributed by atoms with Crippen molar-refractivity contribution in [3.05, 3.63) is 83.9 Å². The van der Waals surface area contributed by atoms with Crippen LogP contribution in [0.3, 0.4) is 0 Å². The van der Waals surface area contributed by atoms with Crippen molar-refractivity contribution in [1.82, 2.24) is 24.1 Å². The molecule has 1 fully saturated rings. The van der Waals surface area contributed by atoms with Crippen LogP contribution in [0, 0.1) is 0 Å². The first-order valence-corrected chi connectivity index (χ1v) is 14.6. The van der Waals surface area contributed by atoms with Crippen LogP contribution in [0.25, 0.3) is 0 Å². The number of nitrogens with one attached hydrogen (secondary N) is 1. The van der Waals surface area contributed by atoms with Crippen LogP contribution in [0.15, 0.2) is 67.1 Å². The van der Waals surface area contributed by atoms with Crippen molar-refractivity contribution in [2.75, 3.05) is 51.7 Å². The number of nitrogens with zero attached hydrogens (tertiary/aromatic N) is 5. The van der Waals surface area contributed by atoms with Crippen molar-refractivity contribution < 1.29 is 13.6 Å². The number of hydrogen-bond acceptors (Lipinski definition) is 5. The molecule has 0 spiro atoms. The monoisotopic (exact) mass is 552 g/mol. The first-order chi connectivity index (χ1) is 18.8. The van der Waals surface area contributed by atoms with E-state index in [4.69, 9.17) is 0 Å². The number of rotatable bonds is 12. The normalized spacial score (nSPS) is 18.0. The lowest BCUT2D eigenvalue weighted by Gasteiger charge is -2.38. The first-order valence-electron chi connectivity index (χ1n) is 13.5. The lowest BCUT2D eigenvalue weighted by molar-refractivity contribution is -0.126. The van der Waals surface area contributed by atoms with E-state index in [0.29, 0.717) is 45.1 Å². The Hall–Kier alpha value is -3.05. The van der Waals surface area contributed by atoms with Crippen LogP contribution in [-0.2, 0) is 29.0 Å². The third-order valence-electron chi connectivity index (χ3n) is 7.45. The molecule has 3 unspecified atom stereocenters. The van der Waals surface area contributed by atoms with Crippen LogP contribution < -0.4 is 10.2 Å². The number of carbonyl (C=O) groups is 1. The molecule has 2 aromatic carbocycles. The van der Waals surface area contributed by atoms with E-state index in [9.17, 15) is 13.6 Å². The smallest absolute Gasteiger partial charge is 0.239 e. The molecule has 0 bridgehead atoms. The van der Waals surface area contributed by atoms with Gasteiger partial charge in [-0.25, -0.2) is 9.19 Å². The molecular weight excluding hydrogens is 512 g/mol. The molecule has 210 valence electrons. The molecule has 1 aliphatic heterocycles. The Balaban J connectivity index is 1.29. The summed E-state index contributed by atoms with van der Waals surface area (Å²) in [4.78, 5) is 21.8. The van der Waals surface area contributed by atoms with Crippen molar-refractivity contribution in [2.45, 2.75) is 38.3 Å². The van der Waals surface area contributed by atoms with Gasteiger partial charge in [0.25, 0.3) is 0 Å². The summed E-state index contributed by atoms with van der Waals surface area (Å²) in [6.45, 7) is 5.64. The van der Waals surface area contributed by atoms with Gasteiger partial charge < -0.3 is 14.8 Å². The van der Waals surface area contributed by atoms with E-state index >= 15 is 0 Å². The second-order valence-corrected chi connectivity index (χ2v) is 11.3. The lowest BCUT2D eigenvalue weighted by Crippen LogP contribution is -2.59. The van der Waals surface area contributed by atoms with Gasteiger partial charge in [-0.1, -0.05) is 49.4 Å². The Labute approximate surface area is 234 Å². The van der Waals surface area contributed by atoms with Crippen molar-refractivity contribution in [1.29, 1.82) is 0 Å². The van der Waals surface area contributed by atoms with Crippen molar-refractivity contribution in [3.8, 4) is 0 Å². The number of piperazine rings is 1. The minimum atomic E-state index is -2.20. The highest BCUT2D eigenvalue weighted by Crippen LogP contribution is 2.20. The molecule has 0 aliphatic carbocycles. The molecule has 3 atom stereocenters. The van der Waals surface area contributed by atoms with Gasteiger partial charge in [-0.05, 0) is 42.1 Å². The predicted octanol–water partition coefficient (Wildman–Crippen LogP) is 2.97. The van der Waals surface area contributed by atoms with E-state index in [1.807, 2.05) is 32.7 Å². The van der Waals surface area contributed by atoms with Crippen LogP contribution in [-0.4, -0.2) is 86.3 Å². The molecule has 1 aliphatic rings. The fraction of sp³-hybridized carbons (Fsp3) is 0.448. The average Bonchev–Trinajstić information content (AvgIpc) is 3.38. The Morgan fingerprint density at radius 1 is 1.15 bits per heavy atom. The Morgan fingerprint density at radius 3 is 2.59 bits per heavy atom. The Bertz CT molecular complexity index is 1220. The summed E-state index contributed by atoms with van der Waals surface area (Å²) in [5, 5.41) is 3.00. The highest BCUT2D eigenvalue weighted by Gasteiger charge is 2.35. The van der Waals surface area contributed by atoms with Gasteiger partial charge in [0.05, 0.1) is 6.33 Å². The summed E-state index contributed by atoms with van der Waals surface area (Å²) in [5.41, 5.74) is 4.65. The highest BCUT2D eigenvalue weighted by molar-refractivity contribution is 7.76. The molecule has 1 aromatic heterocycles. The zero-order chi connectivity index (χ0) is 27.8. The maximum absolute atomic E-state index is 13.2. The van der Waals surface area contributed by atoms with Crippen molar-refractivity contribution >= 4 is 22.9 Å². The summed E-state index contributed by atoms with van der Waals surface area (Å²) < 4.78 is 25.3.